The number of ether oxygens (including phenoxy) is 1. The summed E-state index contributed by atoms with van der Waals surface area (Å²) in [5, 5.41) is 29.3. The largest absolute Gasteiger partial charge is 0.496 e. The number of aliphatic hydroxyl groups is 2. The Morgan fingerprint density at radius 3 is 2.36 bits per heavy atom. The number of aliphatic hydroxyl groups excluding tert-OH is 2. The molecular formula is C40H60N4O6. The molecule has 276 valence electrons. The minimum Gasteiger partial charge on any atom is -0.496 e. The van der Waals surface area contributed by atoms with E-state index in [0.29, 0.717) is 40.4 Å². The first kappa shape index (κ1) is 38.2. The number of nitrogens with zero attached hydrogens (tertiary/aromatic N) is 2. The number of likely N-dealkylation sites (N-methyl/N-ethyl adjacent to an activating group) is 1. The molecule has 0 unspecified atom stereocenters. The van der Waals surface area contributed by atoms with E-state index < -0.39 is 24.2 Å². The summed E-state index contributed by atoms with van der Waals surface area (Å²) in [6, 6.07) is 12.7. The molecule has 1 aliphatic heterocycles. The quantitative estimate of drug-likeness (QED) is 0.224. The Balaban J connectivity index is 1.35. The number of rotatable bonds is 14. The average molecular weight is 693 g/mol. The smallest absolute Gasteiger partial charge is 0.251 e. The van der Waals surface area contributed by atoms with Gasteiger partial charge < -0.3 is 30.5 Å². The van der Waals surface area contributed by atoms with E-state index in [1.165, 1.54) is 6.42 Å². The molecule has 4 N–H and O–H groups in total. The van der Waals surface area contributed by atoms with Crippen LogP contribution in [0.15, 0.2) is 42.5 Å². The topological polar surface area (TPSA) is 124 Å². The number of carbonyl (C=O) groups excluding carboxylic acids is 2. The van der Waals surface area contributed by atoms with Gasteiger partial charge in [-0.15, -0.1) is 0 Å². The van der Waals surface area contributed by atoms with Gasteiger partial charge in [0.05, 0.1) is 26.4 Å². The van der Waals surface area contributed by atoms with Crippen LogP contribution < -0.4 is 15.4 Å². The van der Waals surface area contributed by atoms with E-state index >= 15 is 0 Å². The van der Waals surface area contributed by atoms with Crippen LogP contribution in [-0.2, 0) is 16.2 Å². The summed E-state index contributed by atoms with van der Waals surface area (Å²) < 4.78 is 5.97. The zero-order chi connectivity index (χ0) is 36.5. The SMILES string of the molecule is COc1c(CN2O[C@@H](CO)[C@H]([C@H](C)O)[C@H]2C(=O)N[C@H]2C[C@H]3C[C@H]([C@@H]2C)C3(C)C)cccc1-c1ccc(C(=O)N[C@@H](CC(C)C)CN(C)C)cc1. The lowest BCUT2D eigenvalue weighted by molar-refractivity contribution is -0.183. The molecule has 10 heteroatoms. The summed E-state index contributed by atoms with van der Waals surface area (Å²) in [4.78, 5) is 35.6. The number of methoxy groups -OCH3 is 1. The number of hydrogen-bond acceptors (Lipinski definition) is 8. The van der Waals surface area contributed by atoms with Gasteiger partial charge in [0.15, 0.2) is 0 Å². The predicted molar refractivity (Wildman–Crippen MR) is 195 cm³/mol. The molecule has 6 rings (SSSR count). The molecule has 2 aromatic rings. The van der Waals surface area contributed by atoms with Crippen molar-refractivity contribution in [1.29, 1.82) is 0 Å². The van der Waals surface area contributed by atoms with Crippen molar-refractivity contribution in [3.8, 4) is 16.9 Å². The van der Waals surface area contributed by atoms with E-state index in [2.05, 4.69) is 50.2 Å². The van der Waals surface area contributed by atoms with E-state index in [1.54, 1.807) is 19.1 Å². The van der Waals surface area contributed by atoms with E-state index in [1.807, 2.05) is 56.6 Å². The first-order chi connectivity index (χ1) is 23.7. The van der Waals surface area contributed by atoms with Gasteiger partial charge in [-0.05, 0) is 87.1 Å². The maximum atomic E-state index is 14.1. The third-order valence-corrected chi connectivity index (χ3v) is 11.8. The molecule has 2 aromatic carbocycles. The van der Waals surface area contributed by atoms with Crippen molar-refractivity contribution in [3.63, 3.8) is 0 Å². The third-order valence-electron chi connectivity index (χ3n) is 11.8. The summed E-state index contributed by atoms with van der Waals surface area (Å²) in [5.74, 6) is 1.69. The molecule has 3 aliphatic carbocycles. The van der Waals surface area contributed by atoms with Crippen molar-refractivity contribution < 1.29 is 29.4 Å². The lowest BCUT2D eigenvalue weighted by Gasteiger charge is -2.62. The minimum atomic E-state index is -0.878. The molecule has 50 heavy (non-hydrogen) atoms. The van der Waals surface area contributed by atoms with Crippen LogP contribution in [0.5, 0.6) is 5.75 Å². The fourth-order valence-corrected chi connectivity index (χ4v) is 9.09. The van der Waals surface area contributed by atoms with Crippen LogP contribution in [0.1, 0.15) is 76.7 Å². The van der Waals surface area contributed by atoms with Crippen LogP contribution in [0.3, 0.4) is 0 Å². The Hall–Kier alpha value is -3.02. The molecule has 0 aromatic heterocycles. The van der Waals surface area contributed by atoms with Gasteiger partial charge in [-0.25, -0.2) is 0 Å². The summed E-state index contributed by atoms with van der Waals surface area (Å²) in [6.45, 7) is 13.5. The van der Waals surface area contributed by atoms with E-state index in [9.17, 15) is 19.8 Å². The molecule has 1 saturated heterocycles. The van der Waals surface area contributed by atoms with Crippen LogP contribution in [0.2, 0.25) is 0 Å². The van der Waals surface area contributed by atoms with Crippen LogP contribution >= 0.6 is 0 Å². The second-order valence-electron chi connectivity index (χ2n) is 16.4. The number of carbonyl (C=O) groups is 2. The van der Waals surface area contributed by atoms with Crippen LogP contribution in [0.4, 0.5) is 0 Å². The normalized spacial score (nSPS) is 28.6. The molecule has 3 saturated carbocycles. The Morgan fingerprint density at radius 1 is 1.10 bits per heavy atom. The van der Waals surface area contributed by atoms with Gasteiger partial charge in [0.25, 0.3) is 5.91 Å². The van der Waals surface area contributed by atoms with E-state index in [0.717, 1.165) is 36.1 Å². The van der Waals surface area contributed by atoms with Crippen molar-refractivity contribution in [3.05, 3.63) is 53.6 Å². The van der Waals surface area contributed by atoms with Crippen molar-refractivity contribution in [2.75, 3.05) is 34.4 Å². The first-order valence-corrected chi connectivity index (χ1v) is 18.4. The highest BCUT2D eigenvalue weighted by Crippen LogP contribution is 2.61. The fraction of sp³-hybridized carbons (Fsp3) is 0.650. The second-order valence-corrected chi connectivity index (χ2v) is 16.4. The second kappa shape index (κ2) is 15.7. The zero-order valence-corrected chi connectivity index (χ0v) is 31.5. The maximum Gasteiger partial charge on any atom is 0.251 e. The van der Waals surface area contributed by atoms with Gasteiger partial charge in [0, 0.05) is 41.2 Å². The van der Waals surface area contributed by atoms with Crippen molar-refractivity contribution in [2.24, 2.45) is 35.0 Å². The zero-order valence-electron chi connectivity index (χ0n) is 31.5. The summed E-state index contributed by atoms with van der Waals surface area (Å²) in [5.41, 5.74) is 3.40. The molecule has 0 radical (unpaired) electrons. The fourth-order valence-electron chi connectivity index (χ4n) is 9.09. The highest BCUT2D eigenvalue weighted by Gasteiger charge is 2.57. The van der Waals surface area contributed by atoms with Gasteiger partial charge in [0.1, 0.15) is 17.9 Å². The van der Waals surface area contributed by atoms with Crippen molar-refractivity contribution >= 4 is 11.8 Å². The van der Waals surface area contributed by atoms with Crippen LogP contribution in [-0.4, -0.2) is 96.7 Å². The van der Waals surface area contributed by atoms with Crippen LogP contribution in [0.25, 0.3) is 11.1 Å². The monoisotopic (exact) mass is 692 g/mol. The number of para-hydroxylation sites is 1. The third kappa shape index (κ3) is 7.89. The van der Waals surface area contributed by atoms with Gasteiger partial charge in [0.2, 0.25) is 5.91 Å². The number of benzene rings is 2. The molecule has 9 atom stereocenters. The van der Waals surface area contributed by atoms with Gasteiger partial charge in [-0.2, -0.15) is 5.06 Å². The predicted octanol–water partition coefficient (Wildman–Crippen LogP) is 4.73. The highest BCUT2D eigenvalue weighted by molar-refractivity contribution is 5.95. The minimum absolute atomic E-state index is 0.0512. The van der Waals surface area contributed by atoms with Crippen molar-refractivity contribution in [1.82, 2.24) is 20.6 Å². The number of fused-ring (bicyclic) bond motifs is 2. The molecule has 4 fully saturated rings. The summed E-state index contributed by atoms with van der Waals surface area (Å²) >= 11 is 0. The van der Waals surface area contributed by atoms with Crippen molar-refractivity contribution in [2.45, 2.75) is 97.7 Å². The van der Waals surface area contributed by atoms with Gasteiger partial charge in [-0.1, -0.05) is 65.0 Å². The Morgan fingerprint density at radius 2 is 1.80 bits per heavy atom. The molecule has 4 aliphatic rings. The molecule has 1 heterocycles. The van der Waals surface area contributed by atoms with E-state index in [4.69, 9.17) is 9.57 Å². The van der Waals surface area contributed by atoms with Gasteiger partial charge in [-0.3, -0.25) is 14.4 Å². The maximum absolute atomic E-state index is 14.1. The average Bonchev–Trinajstić information content (AvgIpc) is 3.43. The lowest BCUT2D eigenvalue weighted by atomic mass is 9.45. The molecule has 2 bridgehead atoms. The standard InChI is InChI=1S/C40H60N4O6/c1-23(2)17-30(21-43(7)8)41-38(47)27-15-13-26(14-16-27)31-12-10-11-28(37(31)49-9)20-44-36(35(25(4)46)34(22-45)50-44)39(48)42-33-19-29-18-32(24(33)3)40(29,5)6/h10-16,23-25,29-30,32-36,45-46H,17-22H2,1-9H3,(H,41,47)(H,42,48)/t24-,25-,29+,30-,32+,33-,34-,35-,36-/m0/s1. The molecule has 10 nitrogen and oxygen atoms in total. The Labute approximate surface area is 298 Å². The summed E-state index contributed by atoms with van der Waals surface area (Å²) in [6.07, 6.45) is 1.44. The lowest BCUT2D eigenvalue weighted by Crippen LogP contribution is -2.62. The number of nitrogens with one attached hydrogen (secondary N) is 2. The van der Waals surface area contributed by atoms with E-state index in [-0.39, 0.29) is 37.0 Å². The first-order valence-electron chi connectivity index (χ1n) is 18.4. The highest BCUT2D eigenvalue weighted by atomic mass is 16.7. The van der Waals surface area contributed by atoms with Gasteiger partial charge >= 0.3 is 0 Å². The number of hydrogen-bond donors (Lipinski definition) is 4. The summed E-state index contributed by atoms with van der Waals surface area (Å²) in [7, 11) is 5.64. The number of hydroxylamine groups is 2. The Bertz CT molecular complexity index is 1470. The molecule has 0 spiro atoms. The Kier molecular flexibility index (Phi) is 12.0. The molecular weight excluding hydrogens is 632 g/mol. The molecule has 2 amide bonds. The number of amides is 2. The van der Waals surface area contributed by atoms with Crippen LogP contribution in [0, 0.1) is 35.0 Å².